The number of nitrogens with zero attached hydrogens (tertiary/aromatic N) is 4. The summed E-state index contributed by atoms with van der Waals surface area (Å²) < 4.78 is 57.0. The molecule has 3 heterocycles. The first-order valence-corrected chi connectivity index (χ1v) is 12.1. The van der Waals surface area contributed by atoms with Crippen LogP contribution in [0.3, 0.4) is 0 Å². The fourth-order valence-corrected chi connectivity index (χ4v) is 7.06. The van der Waals surface area contributed by atoms with Crippen LogP contribution in [0.15, 0.2) is 0 Å². The third-order valence-electron chi connectivity index (χ3n) is 5.56. The van der Waals surface area contributed by atoms with Crippen molar-refractivity contribution in [2.75, 3.05) is 52.4 Å². The second-order valence-corrected chi connectivity index (χ2v) is 11.2. The van der Waals surface area contributed by atoms with Crippen LogP contribution in [0.25, 0.3) is 0 Å². The molecule has 3 rings (SSSR count). The van der Waals surface area contributed by atoms with Crippen molar-refractivity contribution in [2.24, 2.45) is 5.92 Å². The van der Waals surface area contributed by atoms with Crippen molar-refractivity contribution >= 4 is 20.4 Å². The Morgan fingerprint density at radius 2 is 0.920 bits per heavy atom. The van der Waals surface area contributed by atoms with Gasteiger partial charge in [0.25, 0.3) is 20.4 Å². The number of piperidine rings is 2. The zero-order valence-electron chi connectivity index (χ0n) is 15.0. The van der Waals surface area contributed by atoms with Crippen molar-refractivity contribution in [1.29, 1.82) is 0 Å². The molecule has 146 valence electrons. The molecule has 8 nitrogen and oxygen atoms in total. The van der Waals surface area contributed by atoms with Crippen LogP contribution in [0.4, 0.5) is 0 Å². The molecule has 3 saturated heterocycles. The second kappa shape index (κ2) is 7.77. The Morgan fingerprint density at radius 1 is 0.560 bits per heavy atom. The van der Waals surface area contributed by atoms with Crippen LogP contribution < -0.4 is 0 Å². The van der Waals surface area contributed by atoms with Gasteiger partial charge in [-0.05, 0) is 31.6 Å². The lowest BCUT2D eigenvalue weighted by Crippen LogP contribution is -2.57. The molecule has 3 fully saturated rings. The Bertz CT molecular complexity index is 645. The average molecular weight is 395 g/mol. The van der Waals surface area contributed by atoms with Gasteiger partial charge in [0.15, 0.2) is 0 Å². The van der Waals surface area contributed by atoms with E-state index in [1.54, 1.807) is 8.61 Å². The van der Waals surface area contributed by atoms with E-state index in [0.717, 1.165) is 32.1 Å². The van der Waals surface area contributed by atoms with E-state index in [-0.39, 0.29) is 26.2 Å². The number of hydrogen-bond donors (Lipinski definition) is 0. The van der Waals surface area contributed by atoms with Crippen molar-refractivity contribution in [2.45, 2.75) is 39.0 Å². The standard InChI is InChI=1S/C15H30N4O4S2/c1-15-5-9-17(10-6-15)25(22,23)19-13-11-18(12-14-19)24(20,21)16-7-3-2-4-8-16/h15H,2-14H2,1H3. The quantitative estimate of drug-likeness (QED) is 0.687. The van der Waals surface area contributed by atoms with E-state index < -0.39 is 20.4 Å². The summed E-state index contributed by atoms with van der Waals surface area (Å²) >= 11 is 0. The Hall–Kier alpha value is -0.260. The Balaban J connectivity index is 1.59. The highest BCUT2D eigenvalue weighted by atomic mass is 32.2. The van der Waals surface area contributed by atoms with Crippen molar-refractivity contribution in [1.82, 2.24) is 17.2 Å². The topological polar surface area (TPSA) is 81.2 Å². The molecule has 25 heavy (non-hydrogen) atoms. The fourth-order valence-electron chi connectivity index (χ4n) is 3.77. The molecule has 0 unspecified atom stereocenters. The fraction of sp³-hybridized carbons (Fsp3) is 1.00. The molecule has 3 aliphatic heterocycles. The SMILES string of the molecule is CC1CCN(S(=O)(=O)N2CCN(S(=O)(=O)N3CCCCC3)CC2)CC1. The maximum Gasteiger partial charge on any atom is 0.282 e. The largest absolute Gasteiger partial charge is 0.282 e. The van der Waals surface area contributed by atoms with Crippen LogP contribution >= 0.6 is 0 Å². The first-order chi connectivity index (χ1) is 11.8. The number of rotatable bonds is 4. The predicted octanol–water partition coefficient (Wildman–Crippen LogP) is 0.311. The van der Waals surface area contributed by atoms with E-state index in [9.17, 15) is 16.8 Å². The van der Waals surface area contributed by atoms with E-state index in [0.29, 0.717) is 32.1 Å². The number of hydrogen-bond acceptors (Lipinski definition) is 4. The minimum absolute atomic E-state index is 0.238. The molecule has 0 aromatic carbocycles. The minimum atomic E-state index is -3.47. The monoisotopic (exact) mass is 394 g/mol. The van der Waals surface area contributed by atoms with Crippen LogP contribution in [0.1, 0.15) is 39.0 Å². The normalized spacial score (nSPS) is 27.6. The van der Waals surface area contributed by atoms with Crippen molar-refractivity contribution in [3.8, 4) is 0 Å². The molecule has 0 radical (unpaired) electrons. The molecule has 0 amide bonds. The molecule has 0 N–H and O–H groups in total. The summed E-state index contributed by atoms with van der Waals surface area (Å²) in [5, 5.41) is 0. The molecule has 0 spiro atoms. The minimum Gasteiger partial charge on any atom is -0.195 e. The molecule has 0 saturated carbocycles. The molecule has 3 aliphatic rings. The Kier molecular flexibility index (Phi) is 6.06. The van der Waals surface area contributed by atoms with E-state index in [1.807, 2.05) is 0 Å². The van der Waals surface area contributed by atoms with Gasteiger partial charge in [0.2, 0.25) is 0 Å². The zero-order chi connectivity index (χ0) is 18.1. The first-order valence-electron chi connectivity index (χ1n) is 9.32. The van der Waals surface area contributed by atoms with E-state index >= 15 is 0 Å². The smallest absolute Gasteiger partial charge is 0.195 e. The van der Waals surface area contributed by atoms with Crippen molar-refractivity contribution in [3.63, 3.8) is 0 Å². The molecular weight excluding hydrogens is 364 g/mol. The summed E-state index contributed by atoms with van der Waals surface area (Å²) in [7, 11) is -6.93. The first kappa shape index (κ1) is 19.5. The van der Waals surface area contributed by atoms with Gasteiger partial charge in [-0.3, -0.25) is 0 Å². The third kappa shape index (κ3) is 4.19. The van der Waals surface area contributed by atoms with Crippen molar-refractivity contribution in [3.05, 3.63) is 0 Å². The second-order valence-electron chi connectivity index (χ2n) is 7.35. The summed E-state index contributed by atoms with van der Waals surface area (Å²) in [6, 6.07) is 0. The molecule has 0 aromatic rings. The average Bonchev–Trinajstić information content (AvgIpc) is 2.63. The highest BCUT2D eigenvalue weighted by Gasteiger charge is 2.38. The highest BCUT2D eigenvalue weighted by Crippen LogP contribution is 2.23. The third-order valence-corrected chi connectivity index (χ3v) is 9.63. The van der Waals surface area contributed by atoms with E-state index in [4.69, 9.17) is 0 Å². The van der Waals surface area contributed by atoms with Gasteiger partial charge in [-0.1, -0.05) is 13.3 Å². The van der Waals surface area contributed by atoms with E-state index in [2.05, 4.69) is 6.92 Å². The molecule has 10 heteroatoms. The summed E-state index contributed by atoms with van der Waals surface area (Å²) in [4.78, 5) is 0. The Morgan fingerprint density at radius 3 is 1.36 bits per heavy atom. The van der Waals surface area contributed by atoms with Gasteiger partial charge in [-0.2, -0.15) is 34.1 Å². The van der Waals surface area contributed by atoms with Crippen molar-refractivity contribution < 1.29 is 16.8 Å². The predicted molar refractivity (Wildman–Crippen MR) is 96.4 cm³/mol. The maximum absolute atomic E-state index is 12.8. The van der Waals surface area contributed by atoms with Gasteiger partial charge in [0.05, 0.1) is 0 Å². The summed E-state index contributed by atoms with van der Waals surface area (Å²) in [6.07, 6.45) is 4.67. The van der Waals surface area contributed by atoms with Gasteiger partial charge < -0.3 is 0 Å². The molecule has 0 atom stereocenters. The molecular formula is C15H30N4O4S2. The molecule has 0 aromatic heterocycles. The van der Waals surface area contributed by atoms with Crippen LogP contribution in [0, 0.1) is 5.92 Å². The lowest BCUT2D eigenvalue weighted by atomic mass is 10.0. The summed E-state index contributed by atoms with van der Waals surface area (Å²) in [6.45, 7) is 5.38. The number of piperazine rings is 1. The van der Waals surface area contributed by atoms with Crippen LogP contribution in [-0.4, -0.2) is 86.4 Å². The molecule has 0 aliphatic carbocycles. The highest BCUT2D eigenvalue weighted by molar-refractivity contribution is 7.87. The van der Waals surface area contributed by atoms with Crippen LogP contribution in [0.5, 0.6) is 0 Å². The summed E-state index contributed by atoms with van der Waals surface area (Å²) in [5.74, 6) is 0.568. The summed E-state index contributed by atoms with van der Waals surface area (Å²) in [5.41, 5.74) is 0. The van der Waals surface area contributed by atoms with Gasteiger partial charge in [-0.15, -0.1) is 0 Å². The maximum atomic E-state index is 12.8. The van der Waals surface area contributed by atoms with Gasteiger partial charge in [-0.25, -0.2) is 0 Å². The van der Waals surface area contributed by atoms with Crippen LogP contribution in [-0.2, 0) is 20.4 Å². The zero-order valence-corrected chi connectivity index (χ0v) is 16.6. The van der Waals surface area contributed by atoms with Gasteiger partial charge in [0.1, 0.15) is 0 Å². The van der Waals surface area contributed by atoms with Crippen LogP contribution in [0.2, 0.25) is 0 Å². The lowest BCUT2D eigenvalue weighted by Gasteiger charge is -2.39. The molecule has 0 bridgehead atoms. The Labute approximate surface area is 152 Å². The van der Waals surface area contributed by atoms with Gasteiger partial charge >= 0.3 is 0 Å². The van der Waals surface area contributed by atoms with E-state index in [1.165, 1.54) is 8.61 Å². The lowest BCUT2D eigenvalue weighted by molar-refractivity contribution is 0.221. The van der Waals surface area contributed by atoms with Gasteiger partial charge in [0, 0.05) is 52.4 Å².